The third-order valence-corrected chi connectivity index (χ3v) is 6.83. The quantitative estimate of drug-likeness (QED) is 0.659. The van der Waals surface area contributed by atoms with E-state index in [1.54, 1.807) is 4.68 Å². The summed E-state index contributed by atoms with van der Waals surface area (Å²) in [6.45, 7) is 6.05. The third kappa shape index (κ3) is 2.80. The van der Waals surface area contributed by atoms with Crippen molar-refractivity contribution in [1.29, 1.82) is 5.26 Å². The molecule has 1 aliphatic carbocycles. The van der Waals surface area contributed by atoms with Gasteiger partial charge < -0.3 is 14.2 Å². The fourth-order valence-corrected chi connectivity index (χ4v) is 4.48. The molecule has 5 rings (SSSR count). The average molecular weight is 406 g/mol. The molecule has 2 fully saturated rings. The highest BCUT2D eigenvalue weighted by molar-refractivity contribution is 6.01. The Kier molecular flexibility index (Phi) is 4.16. The number of aromatic nitrogens is 4. The number of benzene rings is 1. The maximum atomic E-state index is 9.98. The Morgan fingerprint density at radius 3 is 2.67 bits per heavy atom. The first-order valence-electron chi connectivity index (χ1n) is 10.5. The lowest BCUT2D eigenvalue weighted by molar-refractivity contribution is 0.198. The van der Waals surface area contributed by atoms with Crippen molar-refractivity contribution in [3.8, 4) is 17.3 Å². The second kappa shape index (κ2) is 6.54. The Labute approximate surface area is 176 Å². The van der Waals surface area contributed by atoms with Crippen molar-refractivity contribution in [1.82, 2.24) is 24.9 Å². The van der Waals surface area contributed by atoms with Crippen LogP contribution in [-0.2, 0) is 7.05 Å². The predicted octanol–water partition coefficient (Wildman–Crippen LogP) is 3.21. The number of nitrogens with zero attached hydrogens (tertiary/aromatic N) is 7. The molecule has 1 aliphatic heterocycles. The number of oxazole rings is 1. The lowest BCUT2D eigenvalue weighted by Gasteiger charge is -2.33. The molecule has 1 atom stereocenters. The number of rotatable bonds is 4. The Morgan fingerprint density at radius 1 is 1.33 bits per heavy atom. The van der Waals surface area contributed by atoms with Crippen LogP contribution in [0.15, 0.2) is 10.6 Å². The number of fused-ring (bicyclic) bond motifs is 1. The molecule has 0 bridgehead atoms. The molecule has 156 valence electrons. The summed E-state index contributed by atoms with van der Waals surface area (Å²) < 4.78 is 8.05. The smallest absolute Gasteiger partial charge is 0.198 e. The van der Waals surface area contributed by atoms with Crippen LogP contribution in [0.5, 0.6) is 0 Å². The highest BCUT2D eigenvalue weighted by atomic mass is 16.4. The summed E-state index contributed by atoms with van der Waals surface area (Å²) in [6, 6.07) is 2.38. The topological polar surface area (TPSA) is 87.0 Å². The van der Waals surface area contributed by atoms with Crippen LogP contribution in [0, 0.1) is 18.3 Å². The van der Waals surface area contributed by atoms with E-state index in [9.17, 15) is 5.26 Å². The number of anilines is 1. The summed E-state index contributed by atoms with van der Waals surface area (Å²) in [6.07, 6.45) is 5.15. The maximum Gasteiger partial charge on any atom is 0.198 e. The molecule has 1 unspecified atom stereocenters. The van der Waals surface area contributed by atoms with Crippen LogP contribution >= 0.6 is 0 Å². The first-order chi connectivity index (χ1) is 14.3. The van der Waals surface area contributed by atoms with Crippen LogP contribution in [0.1, 0.15) is 49.1 Å². The van der Waals surface area contributed by atoms with Gasteiger partial charge in [-0.1, -0.05) is 5.21 Å². The molecule has 3 heterocycles. The second-order valence-electron chi connectivity index (χ2n) is 9.18. The van der Waals surface area contributed by atoms with Gasteiger partial charge >= 0.3 is 0 Å². The van der Waals surface area contributed by atoms with Gasteiger partial charge in [-0.15, -0.1) is 5.10 Å². The summed E-state index contributed by atoms with van der Waals surface area (Å²) in [5.74, 6) is 1.13. The van der Waals surface area contributed by atoms with E-state index in [4.69, 9.17) is 9.40 Å². The van der Waals surface area contributed by atoms with Gasteiger partial charge in [-0.2, -0.15) is 5.26 Å². The van der Waals surface area contributed by atoms with Crippen LogP contribution in [0.4, 0.5) is 5.69 Å². The lowest BCUT2D eigenvalue weighted by Crippen LogP contribution is -2.43. The van der Waals surface area contributed by atoms with Gasteiger partial charge in [0.2, 0.25) is 0 Å². The standard InChI is InChI=1S/C22H27N7O/c1-13-15(10-23)18-20(30-21(24-18)14-6-7-14)19(17(13)16-11-28(5)26-25-16)29-9-8-22(2,12-29)27(3)4/h11,14H,6-9,12H2,1-5H3. The van der Waals surface area contributed by atoms with Gasteiger partial charge in [-0.3, -0.25) is 4.68 Å². The summed E-state index contributed by atoms with van der Waals surface area (Å²) in [5.41, 5.74) is 5.58. The Hall–Kier alpha value is -2.92. The van der Waals surface area contributed by atoms with E-state index in [1.807, 2.05) is 20.2 Å². The number of likely N-dealkylation sites (N-methyl/N-ethyl adjacent to an activating group) is 1. The van der Waals surface area contributed by atoms with E-state index in [0.29, 0.717) is 22.6 Å². The first-order valence-corrected chi connectivity index (χ1v) is 10.5. The number of nitriles is 1. The highest BCUT2D eigenvalue weighted by Crippen LogP contribution is 2.47. The van der Waals surface area contributed by atoms with Crippen molar-refractivity contribution in [2.45, 2.75) is 44.6 Å². The highest BCUT2D eigenvalue weighted by Gasteiger charge is 2.39. The molecule has 1 saturated heterocycles. The molecule has 8 nitrogen and oxygen atoms in total. The normalized spacial score (nSPS) is 21.7. The van der Waals surface area contributed by atoms with Crippen molar-refractivity contribution in [2.75, 3.05) is 32.1 Å². The summed E-state index contributed by atoms with van der Waals surface area (Å²) >= 11 is 0. The predicted molar refractivity (Wildman–Crippen MR) is 114 cm³/mol. The SMILES string of the molecule is Cc1c(-c2cn(C)nn2)c(N2CCC(C)(N(C)C)C2)c2oc(C3CC3)nc2c1C#N. The largest absolute Gasteiger partial charge is 0.438 e. The van der Waals surface area contributed by atoms with E-state index in [0.717, 1.165) is 60.8 Å². The van der Waals surface area contributed by atoms with E-state index >= 15 is 0 Å². The molecule has 1 saturated carbocycles. The monoisotopic (exact) mass is 405 g/mol. The first kappa shape index (κ1) is 19.1. The molecule has 3 aromatic rings. The minimum Gasteiger partial charge on any atom is -0.438 e. The Bertz CT molecular complexity index is 1180. The molecule has 0 radical (unpaired) electrons. The Balaban J connectivity index is 1.79. The number of aryl methyl sites for hydroxylation is 1. The van der Waals surface area contributed by atoms with Gasteiger partial charge in [-0.05, 0) is 52.8 Å². The number of hydrogen-bond acceptors (Lipinski definition) is 7. The van der Waals surface area contributed by atoms with E-state index in [2.05, 4.69) is 47.2 Å². The summed E-state index contributed by atoms with van der Waals surface area (Å²) in [4.78, 5) is 9.45. The van der Waals surface area contributed by atoms with Gasteiger partial charge in [0.1, 0.15) is 17.3 Å². The van der Waals surface area contributed by atoms with Crippen molar-refractivity contribution < 1.29 is 4.42 Å². The van der Waals surface area contributed by atoms with Crippen molar-refractivity contribution >= 4 is 16.8 Å². The van der Waals surface area contributed by atoms with Gasteiger partial charge in [0.05, 0.1) is 17.4 Å². The fourth-order valence-electron chi connectivity index (χ4n) is 4.48. The summed E-state index contributed by atoms with van der Waals surface area (Å²) in [7, 11) is 6.12. The number of hydrogen-bond donors (Lipinski definition) is 0. The minimum absolute atomic E-state index is 0.0626. The lowest BCUT2D eigenvalue weighted by atomic mass is 9.96. The molecule has 1 aromatic carbocycles. The van der Waals surface area contributed by atoms with Gasteiger partial charge in [0.15, 0.2) is 11.5 Å². The minimum atomic E-state index is 0.0626. The zero-order valence-electron chi connectivity index (χ0n) is 18.2. The third-order valence-electron chi connectivity index (χ3n) is 6.83. The zero-order chi connectivity index (χ0) is 21.2. The molecule has 0 spiro atoms. The van der Waals surface area contributed by atoms with Gasteiger partial charge in [0, 0.05) is 37.2 Å². The molecule has 0 amide bonds. The Morgan fingerprint density at radius 2 is 2.10 bits per heavy atom. The zero-order valence-corrected chi connectivity index (χ0v) is 18.2. The molecular formula is C22H27N7O. The average Bonchev–Trinajstić information content (AvgIpc) is 3.11. The van der Waals surface area contributed by atoms with Crippen molar-refractivity contribution in [3.63, 3.8) is 0 Å². The molecule has 2 aromatic heterocycles. The van der Waals surface area contributed by atoms with E-state index in [1.165, 1.54) is 0 Å². The van der Waals surface area contributed by atoms with Crippen LogP contribution in [0.25, 0.3) is 22.4 Å². The molecule has 2 aliphatic rings. The molecule has 30 heavy (non-hydrogen) atoms. The van der Waals surface area contributed by atoms with Gasteiger partial charge in [0.25, 0.3) is 0 Å². The molecule has 0 N–H and O–H groups in total. The van der Waals surface area contributed by atoms with E-state index in [-0.39, 0.29) is 5.54 Å². The second-order valence-corrected chi connectivity index (χ2v) is 9.18. The fraction of sp³-hybridized carbons (Fsp3) is 0.545. The van der Waals surface area contributed by atoms with Crippen LogP contribution < -0.4 is 4.90 Å². The molecule has 8 heteroatoms. The van der Waals surface area contributed by atoms with Crippen LogP contribution in [0.2, 0.25) is 0 Å². The molecular weight excluding hydrogens is 378 g/mol. The van der Waals surface area contributed by atoms with Crippen molar-refractivity contribution in [3.05, 3.63) is 23.2 Å². The van der Waals surface area contributed by atoms with Crippen molar-refractivity contribution in [2.24, 2.45) is 7.05 Å². The van der Waals surface area contributed by atoms with Gasteiger partial charge in [-0.25, -0.2) is 4.98 Å². The summed E-state index contributed by atoms with van der Waals surface area (Å²) in [5, 5.41) is 18.5. The maximum absolute atomic E-state index is 9.98. The van der Waals surface area contributed by atoms with Crippen LogP contribution in [0.3, 0.4) is 0 Å². The van der Waals surface area contributed by atoms with Crippen LogP contribution in [-0.4, -0.2) is 57.6 Å². The van der Waals surface area contributed by atoms with E-state index < -0.39 is 0 Å².